The second-order valence-corrected chi connectivity index (χ2v) is 5.39. The van der Waals surface area contributed by atoms with E-state index < -0.39 is 48.9 Å². The maximum Gasteiger partial charge on any atom is 0.328 e. The number of amides is 1. The van der Waals surface area contributed by atoms with Crippen molar-refractivity contribution >= 4 is 11.9 Å². The van der Waals surface area contributed by atoms with Gasteiger partial charge in [-0.2, -0.15) is 0 Å². The molecule has 0 aromatic rings. The van der Waals surface area contributed by atoms with Crippen molar-refractivity contribution in [1.29, 1.82) is 0 Å². The molecule has 9 nitrogen and oxygen atoms in total. The first-order valence-electron chi connectivity index (χ1n) is 6.87. The lowest BCUT2D eigenvalue weighted by Gasteiger charge is -2.26. The summed E-state index contributed by atoms with van der Waals surface area (Å²) in [6, 6.07) is -1.01. The van der Waals surface area contributed by atoms with Crippen LogP contribution in [0.5, 0.6) is 0 Å². The Morgan fingerprint density at radius 2 is 1.64 bits per heavy atom. The van der Waals surface area contributed by atoms with Crippen LogP contribution in [0.4, 0.5) is 0 Å². The first-order valence-corrected chi connectivity index (χ1v) is 6.87. The largest absolute Gasteiger partial charge is 0.467 e. The molecule has 0 heterocycles. The van der Waals surface area contributed by atoms with Crippen LogP contribution in [0.3, 0.4) is 0 Å². The van der Waals surface area contributed by atoms with Gasteiger partial charge in [0.05, 0.1) is 13.7 Å². The van der Waals surface area contributed by atoms with Crippen LogP contribution in [0.2, 0.25) is 0 Å². The molecular weight excluding hydrogens is 298 g/mol. The molecular formula is C13H25NO8. The highest BCUT2D eigenvalue weighted by Crippen LogP contribution is 2.09. The van der Waals surface area contributed by atoms with E-state index in [9.17, 15) is 30.0 Å². The Bertz CT molecular complexity index is 362. The zero-order valence-corrected chi connectivity index (χ0v) is 12.8. The SMILES string of the molecule is COC(=O)C(CC(C)C)NC(=O)[C@H](O)[C@@H](O)[C@H](O)[C@H](O)CO. The Kier molecular flexibility index (Phi) is 9.14. The van der Waals surface area contributed by atoms with Gasteiger partial charge in [-0.3, -0.25) is 4.79 Å². The number of methoxy groups -OCH3 is 1. The van der Waals surface area contributed by atoms with E-state index in [0.717, 1.165) is 7.11 Å². The maximum atomic E-state index is 11.8. The molecule has 0 radical (unpaired) electrons. The molecule has 5 atom stereocenters. The minimum absolute atomic E-state index is 0.0493. The molecule has 1 amide bonds. The lowest BCUT2D eigenvalue weighted by Crippen LogP contribution is -2.54. The summed E-state index contributed by atoms with van der Waals surface area (Å²) in [7, 11) is 1.15. The lowest BCUT2D eigenvalue weighted by molar-refractivity contribution is -0.154. The molecule has 0 saturated carbocycles. The summed E-state index contributed by atoms with van der Waals surface area (Å²) >= 11 is 0. The van der Waals surface area contributed by atoms with Gasteiger partial charge in [0.15, 0.2) is 6.10 Å². The number of carbonyl (C=O) groups is 2. The predicted octanol–water partition coefficient (Wildman–Crippen LogP) is -2.87. The van der Waals surface area contributed by atoms with Gasteiger partial charge in [0.2, 0.25) is 0 Å². The summed E-state index contributed by atoms with van der Waals surface area (Å²) in [6.07, 6.45) is -7.50. The Morgan fingerprint density at radius 1 is 1.09 bits per heavy atom. The molecule has 0 spiro atoms. The van der Waals surface area contributed by atoms with Crippen molar-refractivity contribution in [1.82, 2.24) is 5.32 Å². The van der Waals surface area contributed by atoms with E-state index in [1.165, 1.54) is 0 Å². The molecule has 9 heteroatoms. The number of aliphatic hydroxyl groups excluding tert-OH is 5. The van der Waals surface area contributed by atoms with Crippen molar-refractivity contribution in [3.63, 3.8) is 0 Å². The van der Waals surface area contributed by atoms with E-state index in [1.54, 1.807) is 0 Å². The molecule has 0 aliphatic heterocycles. The molecule has 6 N–H and O–H groups in total. The summed E-state index contributed by atoms with van der Waals surface area (Å²) < 4.78 is 4.54. The number of aliphatic hydroxyl groups is 5. The second kappa shape index (κ2) is 9.70. The monoisotopic (exact) mass is 323 g/mol. The fourth-order valence-electron chi connectivity index (χ4n) is 1.76. The average molecular weight is 323 g/mol. The number of carbonyl (C=O) groups excluding carboxylic acids is 2. The fraction of sp³-hybridized carbons (Fsp3) is 0.846. The van der Waals surface area contributed by atoms with Gasteiger partial charge in [0.1, 0.15) is 24.4 Å². The summed E-state index contributed by atoms with van der Waals surface area (Å²) in [5, 5.41) is 48.8. The van der Waals surface area contributed by atoms with Gasteiger partial charge in [-0.05, 0) is 12.3 Å². The van der Waals surface area contributed by atoms with Crippen molar-refractivity contribution in [2.75, 3.05) is 13.7 Å². The third kappa shape index (κ3) is 6.24. The predicted molar refractivity (Wildman–Crippen MR) is 74.5 cm³/mol. The van der Waals surface area contributed by atoms with Crippen LogP contribution in [-0.4, -0.2) is 81.6 Å². The third-order valence-corrected chi connectivity index (χ3v) is 3.03. The molecule has 0 saturated heterocycles. The fourth-order valence-corrected chi connectivity index (χ4v) is 1.76. The van der Waals surface area contributed by atoms with Crippen molar-refractivity contribution < 1.29 is 39.9 Å². The Balaban J connectivity index is 4.81. The highest BCUT2D eigenvalue weighted by atomic mass is 16.5. The molecule has 0 aliphatic carbocycles. The van der Waals surface area contributed by atoms with Gasteiger partial charge in [0.25, 0.3) is 5.91 Å². The molecule has 0 aromatic carbocycles. The van der Waals surface area contributed by atoms with Crippen molar-refractivity contribution in [2.45, 2.75) is 50.7 Å². The molecule has 0 aliphatic rings. The first-order chi connectivity index (χ1) is 10.1. The molecule has 0 rings (SSSR count). The number of rotatable bonds is 9. The number of hydrogen-bond acceptors (Lipinski definition) is 8. The molecule has 0 bridgehead atoms. The number of esters is 1. The maximum absolute atomic E-state index is 11.8. The van der Waals surface area contributed by atoms with Gasteiger partial charge in [-0.15, -0.1) is 0 Å². The van der Waals surface area contributed by atoms with E-state index in [2.05, 4.69) is 10.1 Å². The van der Waals surface area contributed by atoms with E-state index in [1.807, 2.05) is 13.8 Å². The Morgan fingerprint density at radius 3 is 2.05 bits per heavy atom. The summed E-state index contributed by atoms with van der Waals surface area (Å²) in [5.41, 5.74) is 0. The quantitative estimate of drug-likeness (QED) is 0.247. The Hall–Kier alpha value is -1.26. The average Bonchev–Trinajstić information content (AvgIpc) is 2.49. The summed E-state index contributed by atoms with van der Waals surface area (Å²) in [6.45, 7) is 2.77. The molecule has 130 valence electrons. The van der Waals surface area contributed by atoms with Crippen LogP contribution >= 0.6 is 0 Å². The number of ether oxygens (including phenoxy) is 1. The minimum Gasteiger partial charge on any atom is -0.467 e. The van der Waals surface area contributed by atoms with Crippen molar-refractivity contribution in [3.05, 3.63) is 0 Å². The van der Waals surface area contributed by atoms with E-state index in [0.29, 0.717) is 0 Å². The van der Waals surface area contributed by atoms with E-state index in [-0.39, 0.29) is 12.3 Å². The van der Waals surface area contributed by atoms with Crippen LogP contribution in [0, 0.1) is 5.92 Å². The molecule has 0 aromatic heterocycles. The summed E-state index contributed by atoms with van der Waals surface area (Å²) in [5.74, 6) is -1.76. The van der Waals surface area contributed by atoms with Gasteiger partial charge in [-0.1, -0.05) is 13.8 Å². The van der Waals surface area contributed by atoms with Gasteiger partial charge in [-0.25, -0.2) is 4.79 Å². The second-order valence-electron chi connectivity index (χ2n) is 5.39. The Labute approximate surface area is 128 Å². The minimum atomic E-state index is -2.09. The summed E-state index contributed by atoms with van der Waals surface area (Å²) in [4.78, 5) is 23.4. The highest BCUT2D eigenvalue weighted by molar-refractivity contribution is 5.87. The highest BCUT2D eigenvalue weighted by Gasteiger charge is 2.35. The molecule has 1 unspecified atom stereocenters. The lowest BCUT2D eigenvalue weighted by atomic mass is 10.0. The van der Waals surface area contributed by atoms with Crippen molar-refractivity contribution in [3.8, 4) is 0 Å². The smallest absolute Gasteiger partial charge is 0.328 e. The zero-order chi connectivity index (χ0) is 17.4. The van der Waals surface area contributed by atoms with Gasteiger partial charge >= 0.3 is 5.97 Å². The number of nitrogens with one attached hydrogen (secondary N) is 1. The molecule has 22 heavy (non-hydrogen) atoms. The molecule has 0 fully saturated rings. The standard InChI is InChI=1S/C13H25NO8/c1-6(2)4-7(13(21)22-3)14-12(20)11(19)10(18)9(17)8(16)5-15/h6-11,15-19H,4-5H2,1-3H3,(H,14,20)/t7?,8-,9-,10+,11-/m1/s1. The third-order valence-electron chi connectivity index (χ3n) is 3.03. The first kappa shape index (κ1) is 20.7. The van der Waals surface area contributed by atoms with Crippen LogP contribution in [0.1, 0.15) is 20.3 Å². The van der Waals surface area contributed by atoms with E-state index in [4.69, 9.17) is 5.11 Å². The van der Waals surface area contributed by atoms with Crippen molar-refractivity contribution in [2.24, 2.45) is 5.92 Å². The van der Waals surface area contributed by atoms with Crippen LogP contribution < -0.4 is 5.32 Å². The van der Waals surface area contributed by atoms with Gasteiger partial charge in [0, 0.05) is 0 Å². The van der Waals surface area contributed by atoms with Crippen LogP contribution in [-0.2, 0) is 14.3 Å². The van der Waals surface area contributed by atoms with E-state index >= 15 is 0 Å². The zero-order valence-electron chi connectivity index (χ0n) is 12.8. The number of hydrogen-bond donors (Lipinski definition) is 6. The van der Waals surface area contributed by atoms with Crippen LogP contribution in [0.25, 0.3) is 0 Å². The van der Waals surface area contributed by atoms with Crippen LogP contribution in [0.15, 0.2) is 0 Å². The normalized spacial score (nSPS) is 18.2. The van der Waals surface area contributed by atoms with Gasteiger partial charge < -0.3 is 35.6 Å². The topological polar surface area (TPSA) is 157 Å².